The van der Waals surface area contributed by atoms with Crippen LogP contribution in [-0.2, 0) is 6.42 Å². The average Bonchev–Trinajstić information content (AvgIpc) is 2.72. The SMILES string of the molecule is CCCCCCCCCCCCCCCc1cc[n+](-c2ccccc2)cc1. The normalized spacial score (nSPS) is 11.0. The van der Waals surface area contributed by atoms with Crippen molar-refractivity contribution in [3.8, 4) is 5.69 Å². The predicted molar refractivity (Wildman–Crippen MR) is 117 cm³/mol. The van der Waals surface area contributed by atoms with Gasteiger partial charge in [-0.2, -0.15) is 4.57 Å². The Balaban J connectivity index is 1.44. The molecule has 0 saturated carbocycles. The summed E-state index contributed by atoms with van der Waals surface area (Å²) >= 11 is 0. The third kappa shape index (κ3) is 9.75. The third-order valence-electron chi connectivity index (χ3n) is 5.52. The van der Waals surface area contributed by atoms with Crippen molar-refractivity contribution >= 4 is 0 Å². The Hall–Kier alpha value is -1.63. The van der Waals surface area contributed by atoms with Crippen molar-refractivity contribution < 1.29 is 4.57 Å². The Morgan fingerprint density at radius 3 is 1.56 bits per heavy atom. The zero-order chi connectivity index (χ0) is 19.0. The summed E-state index contributed by atoms with van der Waals surface area (Å²) in [6.07, 6.45) is 24.1. The van der Waals surface area contributed by atoms with Crippen LogP contribution in [0, 0.1) is 0 Å². The van der Waals surface area contributed by atoms with Gasteiger partial charge in [-0.1, -0.05) is 102 Å². The van der Waals surface area contributed by atoms with Gasteiger partial charge >= 0.3 is 0 Å². The number of aryl methyl sites for hydroxylation is 1. The number of aromatic nitrogens is 1. The number of benzene rings is 1. The van der Waals surface area contributed by atoms with Crippen molar-refractivity contribution in [2.24, 2.45) is 0 Å². The molecule has 0 aliphatic carbocycles. The summed E-state index contributed by atoms with van der Waals surface area (Å²) in [5.41, 5.74) is 2.69. The maximum absolute atomic E-state index is 2.29. The highest BCUT2D eigenvalue weighted by molar-refractivity contribution is 5.21. The first-order valence-corrected chi connectivity index (χ1v) is 11.5. The summed E-state index contributed by atoms with van der Waals surface area (Å²) < 4.78 is 2.19. The van der Waals surface area contributed by atoms with E-state index in [0.717, 1.165) is 0 Å². The molecule has 0 unspecified atom stereocenters. The molecule has 1 aromatic heterocycles. The van der Waals surface area contributed by atoms with Crippen LogP contribution < -0.4 is 4.57 Å². The summed E-state index contributed by atoms with van der Waals surface area (Å²) in [7, 11) is 0. The Labute approximate surface area is 167 Å². The Morgan fingerprint density at radius 2 is 1.04 bits per heavy atom. The molecule has 1 heterocycles. The number of hydrogen-bond acceptors (Lipinski definition) is 0. The predicted octanol–water partition coefficient (Wildman–Crippen LogP) is 7.60. The number of para-hydroxylation sites is 1. The molecule has 0 atom stereocenters. The van der Waals surface area contributed by atoms with Crippen LogP contribution >= 0.6 is 0 Å². The van der Waals surface area contributed by atoms with E-state index in [4.69, 9.17) is 0 Å². The van der Waals surface area contributed by atoms with Crippen LogP contribution in [-0.4, -0.2) is 0 Å². The quantitative estimate of drug-likeness (QED) is 0.226. The number of nitrogens with zero attached hydrogens (tertiary/aromatic N) is 1. The highest BCUT2D eigenvalue weighted by Gasteiger charge is 2.04. The first kappa shape index (κ1) is 21.7. The number of unbranched alkanes of at least 4 members (excludes halogenated alkanes) is 12. The second-order valence-corrected chi connectivity index (χ2v) is 7.94. The highest BCUT2D eigenvalue weighted by Crippen LogP contribution is 2.13. The summed E-state index contributed by atoms with van der Waals surface area (Å²) in [4.78, 5) is 0. The molecule has 0 bridgehead atoms. The van der Waals surface area contributed by atoms with Crippen molar-refractivity contribution in [3.05, 3.63) is 60.4 Å². The van der Waals surface area contributed by atoms with E-state index >= 15 is 0 Å². The molecule has 1 aromatic carbocycles. The van der Waals surface area contributed by atoms with E-state index in [-0.39, 0.29) is 0 Å². The van der Waals surface area contributed by atoms with Crippen molar-refractivity contribution in [1.82, 2.24) is 0 Å². The minimum atomic E-state index is 1.22. The summed E-state index contributed by atoms with van der Waals surface area (Å²) in [6.45, 7) is 2.29. The first-order chi connectivity index (χ1) is 13.4. The van der Waals surface area contributed by atoms with Gasteiger partial charge in [0.1, 0.15) is 0 Å². The lowest BCUT2D eigenvalue weighted by atomic mass is 10.0. The molecule has 2 aromatic rings. The zero-order valence-electron chi connectivity index (χ0n) is 17.5. The van der Waals surface area contributed by atoms with Crippen LogP contribution in [0.4, 0.5) is 0 Å². The molecule has 0 radical (unpaired) electrons. The van der Waals surface area contributed by atoms with Crippen LogP contribution in [0.15, 0.2) is 54.9 Å². The van der Waals surface area contributed by atoms with Crippen LogP contribution in [0.1, 0.15) is 96.0 Å². The molecule has 0 spiro atoms. The number of hydrogen-bond donors (Lipinski definition) is 0. The van der Waals surface area contributed by atoms with Gasteiger partial charge in [0.25, 0.3) is 0 Å². The molecule has 2 rings (SSSR count). The molecular formula is C26H40N+. The van der Waals surface area contributed by atoms with Crippen LogP contribution in [0.25, 0.3) is 5.69 Å². The minimum Gasteiger partial charge on any atom is -0.167 e. The van der Waals surface area contributed by atoms with E-state index in [0.29, 0.717) is 0 Å². The Kier molecular flexibility index (Phi) is 11.6. The van der Waals surface area contributed by atoms with Gasteiger partial charge < -0.3 is 0 Å². The third-order valence-corrected chi connectivity index (χ3v) is 5.52. The van der Waals surface area contributed by atoms with Crippen LogP contribution in [0.5, 0.6) is 0 Å². The fraction of sp³-hybridized carbons (Fsp3) is 0.577. The van der Waals surface area contributed by atoms with Crippen molar-refractivity contribution in [1.29, 1.82) is 0 Å². The van der Waals surface area contributed by atoms with E-state index in [1.54, 1.807) is 0 Å². The Morgan fingerprint density at radius 1 is 0.556 bits per heavy atom. The fourth-order valence-corrected chi connectivity index (χ4v) is 3.74. The smallest absolute Gasteiger partial charge is 0.167 e. The molecule has 1 nitrogen and oxygen atoms in total. The summed E-state index contributed by atoms with van der Waals surface area (Å²) in [6, 6.07) is 15.1. The van der Waals surface area contributed by atoms with E-state index in [1.165, 1.54) is 101 Å². The van der Waals surface area contributed by atoms with E-state index < -0.39 is 0 Å². The van der Waals surface area contributed by atoms with Crippen LogP contribution in [0.3, 0.4) is 0 Å². The summed E-state index contributed by atoms with van der Waals surface area (Å²) in [5, 5.41) is 0. The number of rotatable bonds is 15. The first-order valence-electron chi connectivity index (χ1n) is 11.5. The maximum atomic E-state index is 2.29. The molecular weight excluding hydrogens is 326 g/mol. The highest BCUT2D eigenvalue weighted by atomic mass is 14.9. The van der Waals surface area contributed by atoms with Crippen molar-refractivity contribution in [2.45, 2.75) is 96.8 Å². The average molecular weight is 367 g/mol. The Bertz CT molecular complexity index is 573. The minimum absolute atomic E-state index is 1.22. The van der Waals surface area contributed by atoms with Gasteiger partial charge in [-0.25, -0.2) is 0 Å². The molecule has 0 N–H and O–H groups in total. The lowest BCUT2D eigenvalue weighted by Crippen LogP contribution is -2.29. The summed E-state index contributed by atoms with van der Waals surface area (Å²) in [5.74, 6) is 0. The topological polar surface area (TPSA) is 3.88 Å². The van der Waals surface area contributed by atoms with Gasteiger partial charge in [0.05, 0.1) is 0 Å². The lowest BCUT2D eigenvalue weighted by Gasteiger charge is -2.03. The van der Waals surface area contributed by atoms with E-state index in [1.807, 2.05) is 0 Å². The van der Waals surface area contributed by atoms with Gasteiger partial charge in [-0.15, -0.1) is 0 Å². The molecule has 0 fully saturated rings. The molecule has 148 valence electrons. The monoisotopic (exact) mass is 366 g/mol. The van der Waals surface area contributed by atoms with Gasteiger partial charge in [-0.05, 0) is 18.4 Å². The largest absolute Gasteiger partial charge is 0.210 e. The molecule has 0 aliphatic heterocycles. The van der Waals surface area contributed by atoms with E-state index in [9.17, 15) is 0 Å². The van der Waals surface area contributed by atoms with Gasteiger partial charge in [0.15, 0.2) is 12.4 Å². The molecule has 0 aliphatic rings. The van der Waals surface area contributed by atoms with Crippen molar-refractivity contribution in [2.75, 3.05) is 0 Å². The number of pyridine rings is 1. The van der Waals surface area contributed by atoms with Gasteiger partial charge in [0, 0.05) is 24.3 Å². The van der Waals surface area contributed by atoms with Crippen LogP contribution in [0.2, 0.25) is 0 Å². The fourth-order valence-electron chi connectivity index (χ4n) is 3.74. The lowest BCUT2D eigenvalue weighted by molar-refractivity contribution is -0.595. The molecule has 1 heteroatoms. The zero-order valence-corrected chi connectivity index (χ0v) is 17.5. The standard InChI is InChI=1S/C26H40N/c1-2-3-4-5-6-7-8-9-10-11-12-13-15-18-25-21-23-27(24-22-25)26-19-16-14-17-20-26/h14,16-17,19-24H,2-13,15,18H2,1H3/q+1. The molecule has 0 amide bonds. The van der Waals surface area contributed by atoms with Gasteiger partial charge in [0.2, 0.25) is 5.69 Å². The van der Waals surface area contributed by atoms with E-state index in [2.05, 4.69) is 66.3 Å². The van der Waals surface area contributed by atoms with Gasteiger partial charge in [-0.3, -0.25) is 0 Å². The molecule has 0 saturated heterocycles. The maximum Gasteiger partial charge on any atom is 0.210 e. The van der Waals surface area contributed by atoms with Crippen molar-refractivity contribution in [3.63, 3.8) is 0 Å². The second-order valence-electron chi connectivity index (χ2n) is 7.94. The second kappa shape index (κ2) is 14.4. The molecule has 27 heavy (non-hydrogen) atoms.